The average Bonchev–Trinajstić information content (AvgIpc) is 3.91. The molecule has 6 N–H and O–H groups in total. The van der Waals surface area contributed by atoms with Gasteiger partial charge in [0.25, 0.3) is 0 Å². The van der Waals surface area contributed by atoms with E-state index < -0.39 is 20.0 Å². The van der Waals surface area contributed by atoms with Crippen molar-refractivity contribution >= 4 is 65.4 Å². The lowest BCUT2D eigenvalue weighted by Gasteiger charge is -2.32. The van der Waals surface area contributed by atoms with Crippen molar-refractivity contribution in [1.29, 1.82) is 0 Å². The molecule has 0 saturated carbocycles. The lowest BCUT2D eigenvalue weighted by Crippen LogP contribution is -2.40. The number of fused-ring (bicyclic) bond motifs is 2. The van der Waals surface area contributed by atoms with Gasteiger partial charge in [0.2, 0.25) is 31.9 Å². The van der Waals surface area contributed by atoms with Crippen LogP contribution in [0.3, 0.4) is 0 Å². The molecule has 16 heteroatoms. The summed E-state index contributed by atoms with van der Waals surface area (Å²) in [6.45, 7) is 3.71. The van der Waals surface area contributed by atoms with Gasteiger partial charge in [-0.3, -0.25) is 0 Å². The van der Waals surface area contributed by atoms with Crippen molar-refractivity contribution in [2.45, 2.75) is 48.8 Å². The number of aryl methyl sites for hydroxylation is 1. The lowest BCUT2D eigenvalue weighted by atomic mass is 9.92. The Hall–Kier alpha value is -5.16. The molecule has 2 saturated heterocycles. The smallest absolute Gasteiger partial charge is 0.243 e. The van der Waals surface area contributed by atoms with Gasteiger partial charge in [0.1, 0.15) is 11.5 Å². The monoisotopic (exact) mass is 756 g/mol. The molecule has 2 aliphatic rings. The molecule has 0 amide bonds. The third kappa shape index (κ3) is 7.02. The maximum absolute atomic E-state index is 13.9. The second-order valence-electron chi connectivity index (χ2n) is 13.8. The van der Waals surface area contributed by atoms with Crippen molar-refractivity contribution in [3.63, 3.8) is 0 Å². The molecule has 14 nitrogen and oxygen atoms in total. The van der Waals surface area contributed by atoms with Gasteiger partial charge in [-0.15, -0.1) is 0 Å². The van der Waals surface area contributed by atoms with Crippen molar-refractivity contribution in [3.8, 4) is 11.5 Å². The summed E-state index contributed by atoms with van der Waals surface area (Å²) in [6, 6.07) is 20.1. The Labute approximate surface area is 307 Å². The molecule has 2 aromatic heterocycles. The molecular formula is C37H40N8O6S2. The Kier molecular flexibility index (Phi) is 9.00. The first-order valence-corrected chi connectivity index (χ1v) is 20.5. The number of nitrogens with zero attached hydrogens (tertiary/aromatic N) is 4. The van der Waals surface area contributed by atoms with Crippen LogP contribution in [0, 0.1) is 12.8 Å². The van der Waals surface area contributed by atoms with Crippen molar-refractivity contribution in [2.75, 3.05) is 36.8 Å². The molecule has 276 valence electrons. The summed E-state index contributed by atoms with van der Waals surface area (Å²) in [6.07, 6.45) is 3.86. The highest BCUT2D eigenvalue weighted by molar-refractivity contribution is 7.89. The number of aromatic nitrogens is 4. The van der Waals surface area contributed by atoms with Crippen molar-refractivity contribution in [2.24, 2.45) is 5.92 Å². The maximum atomic E-state index is 13.9. The van der Waals surface area contributed by atoms with Crippen LogP contribution >= 0.6 is 0 Å². The van der Waals surface area contributed by atoms with Gasteiger partial charge in [-0.1, -0.05) is 12.1 Å². The molecular weight excluding hydrogens is 717 g/mol. The van der Waals surface area contributed by atoms with Crippen molar-refractivity contribution < 1.29 is 27.0 Å². The van der Waals surface area contributed by atoms with Crippen molar-refractivity contribution in [3.05, 3.63) is 83.9 Å². The fraction of sp³-hybridized carbons (Fsp3) is 0.297. The van der Waals surface area contributed by atoms with Crippen LogP contribution in [0.2, 0.25) is 0 Å². The number of phenolic OH excluding ortho intramolecular Hbond substituents is 2. The maximum Gasteiger partial charge on any atom is 0.243 e. The SMILES string of the molecule is Cc1ccc(O)c(Nc2nc3ccc(S(=O)(=O)N4CCCC(Cc5ccc(O)c(Nc6nc7ccc(S(=O)(=O)N8CCCC8)cc7[nH]6)c5)C4)cc3[nH]2)c1. The number of piperidine rings is 1. The second kappa shape index (κ2) is 13.7. The standard InChI is InChI=1S/C37H40N8O6S2/c1-23-6-12-34(46)32(17-23)42-36-38-29-11-9-27(21-31(29)40-36)53(50,51)45-16-4-5-25(22-45)18-24-7-13-35(47)33(19-24)43-37-39-28-10-8-26(20-30(28)41-37)52(48,49)44-14-2-3-15-44/h6-13,17,19-21,25,46-47H,2-5,14-16,18,22H2,1H3,(H2,38,40,42)(H2,39,41,43). The molecule has 6 aromatic rings. The molecule has 2 fully saturated rings. The third-order valence-corrected chi connectivity index (χ3v) is 13.7. The zero-order chi connectivity index (χ0) is 36.9. The van der Waals surface area contributed by atoms with E-state index >= 15 is 0 Å². The lowest BCUT2D eigenvalue weighted by molar-refractivity contribution is 0.265. The topological polar surface area (TPSA) is 197 Å². The number of hydrogen-bond donors (Lipinski definition) is 6. The minimum atomic E-state index is -3.81. The largest absolute Gasteiger partial charge is 0.506 e. The van der Waals surface area contributed by atoms with Crippen LogP contribution in [-0.2, 0) is 26.5 Å². The van der Waals surface area contributed by atoms with Crippen LogP contribution < -0.4 is 10.6 Å². The predicted octanol–water partition coefficient (Wildman–Crippen LogP) is 6.07. The van der Waals surface area contributed by atoms with Crippen LogP contribution in [0.5, 0.6) is 11.5 Å². The zero-order valence-corrected chi connectivity index (χ0v) is 30.6. The first-order valence-electron chi connectivity index (χ1n) is 17.6. The fourth-order valence-corrected chi connectivity index (χ4v) is 10.3. The summed E-state index contributed by atoms with van der Waals surface area (Å²) < 4.78 is 57.0. The molecule has 2 aliphatic heterocycles. The Balaban J connectivity index is 0.950. The predicted molar refractivity (Wildman–Crippen MR) is 203 cm³/mol. The molecule has 0 radical (unpaired) electrons. The van der Waals surface area contributed by atoms with E-state index in [-0.39, 0.29) is 27.2 Å². The number of hydrogen-bond acceptors (Lipinski definition) is 10. The summed E-state index contributed by atoms with van der Waals surface area (Å²) in [5.41, 5.74) is 5.07. The van der Waals surface area contributed by atoms with Crippen molar-refractivity contribution in [1.82, 2.24) is 28.5 Å². The van der Waals surface area contributed by atoms with E-state index in [0.717, 1.165) is 30.4 Å². The number of nitrogens with one attached hydrogen (secondary N) is 4. The van der Waals surface area contributed by atoms with E-state index in [1.807, 2.05) is 19.1 Å². The van der Waals surface area contributed by atoms with Gasteiger partial charge in [0.05, 0.1) is 43.2 Å². The second-order valence-corrected chi connectivity index (χ2v) is 17.7. The third-order valence-electron chi connectivity index (χ3n) is 9.97. The van der Waals surface area contributed by atoms with E-state index in [1.165, 1.54) is 8.61 Å². The number of rotatable bonds is 10. The average molecular weight is 757 g/mol. The Morgan fingerprint density at radius 2 is 1.25 bits per heavy atom. The minimum Gasteiger partial charge on any atom is -0.506 e. The van der Waals surface area contributed by atoms with E-state index in [9.17, 15) is 27.0 Å². The van der Waals surface area contributed by atoms with Gasteiger partial charge >= 0.3 is 0 Å². The minimum absolute atomic E-state index is 0.0163. The summed E-state index contributed by atoms with van der Waals surface area (Å²) in [5, 5.41) is 27.1. The number of benzene rings is 4. The number of H-pyrrole nitrogens is 2. The first-order chi connectivity index (χ1) is 25.4. The van der Waals surface area contributed by atoms with Crippen LogP contribution in [0.4, 0.5) is 23.3 Å². The van der Waals surface area contributed by atoms with Crippen LogP contribution in [0.25, 0.3) is 22.1 Å². The number of anilines is 4. The van der Waals surface area contributed by atoms with Gasteiger partial charge in [-0.05, 0) is 117 Å². The van der Waals surface area contributed by atoms with Gasteiger partial charge in [0, 0.05) is 26.2 Å². The highest BCUT2D eigenvalue weighted by atomic mass is 32.2. The van der Waals surface area contributed by atoms with E-state index in [0.29, 0.717) is 84.4 Å². The summed E-state index contributed by atoms with van der Waals surface area (Å²) in [7, 11) is -7.39. The normalized spacial score (nSPS) is 17.5. The van der Waals surface area contributed by atoms with Gasteiger partial charge < -0.3 is 30.8 Å². The Bertz CT molecular complexity index is 2560. The number of sulfonamides is 2. The summed E-state index contributed by atoms with van der Waals surface area (Å²) in [5.74, 6) is 0.875. The summed E-state index contributed by atoms with van der Waals surface area (Å²) >= 11 is 0. The first kappa shape index (κ1) is 34.9. The van der Waals surface area contributed by atoms with Gasteiger partial charge in [-0.25, -0.2) is 26.8 Å². The number of phenols is 2. The van der Waals surface area contributed by atoms with Crippen LogP contribution in [0.1, 0.15) is 36.8 Å². The molecule has 0 bridgehead atoms. The number of aromatic hydroxyl groups is 2. The van der Waals surface area contributed by atoms with Gasteiger partial charge in [0.15, 0.2) is 0 Å². The highest BCUT2D eigenvalue weighted by Gasteiger charge is 2.31. The van der Waals surface area contributed by atoms with Gasteiger partial charge in [-0.2, -0.15) is 8.61 Å². The molecule has 1 atom stereocenters. The zero-order valence-electron chi connectivity index (χ0n) is 29.0. The van der Waals surface area contributed by atoms with E-state index in [2.05, 4.69) is 30.6 Å². The quantitative estimate of drug-likeness (QED) is 0.0893. The molecule has 4 heterocycles. The Morgan fingerprint density at radius 1 is 0.698 bits per heavy atom. The number of imidazole rings is 2. The molecule has 0 spiro atoms. The van der Waals surface area contributed by atoms with Crippen LogP contribution in [0.15, 0.2) is 82.6 Å². The van der Waals surface area contributed by atoms with E-state index in [1.54, 1.807) is 60.7 Å². The Morgan fingerprint density at radius 3 is 1.87 bits per heavy atom. The number of aromatic amines is 2. The molecule has 0 aliphatic carbocycles. The van der Waals surface area contributed by atoms with Crippen LogP contribution in [-0.4, -0.2) is 81.8 Å². The molecule has 1 unspecified atom stereocenters. The van der Waals surface area contributed by atoms with E-state index in [4.69, 9.17) is 0 Å². The molecule has 53 heavy (non-hydrogen) atoms. The molecule has 8 rings (SSSR count). The molecule has 4 aromatic carbocycles. The fourth-order valence-electron chi connectivity index (χ4n) is 7.20. The summed E-state index contributed by atoms with van der Waals surface area (Å²) in [4.78, 5) is 15.7. The highest BCUT2D eigenvalue weighted by Crippen LogP contribution is 2.33.